The van der Waals surface area contributed by atoms with Gasteiger partial charge in [0.05, 0.1) is 12.7 Å². The third-order valence-electron chi connectivity index (χ3n) is 4.89. The van der Waals surface area contributed by atoms with Crippen molar-refractivity contribution in [1.82, 2.24) is 15.0 Å². The van der Waals surface area contributed by atoms with E-state index in [4.69, 9.17) is 19.4 Å². The molecule has 0 saturated carbocycles. The topological polar surface area (TPSA) is 69.2 Å². The molecular weight excluding hydrogens is 407 g/mol. The molecule has 2 aromatic heterocycles. The van der Waals surface area contributed by atoms with Crippen LogP contribution in [0.25, 0.3) is 33.4 Å². The van der Waals surface area contributed by atoms with Crippen molar-refractivity contribution in [2.45, 2.75) is 20.0 Å². The van der Waals surface area contributed by atoms with E-state index < -0.39 is 0 Å². The first-order valence-corrected chi connectivity index (χ1v) is 10.5. The Kier molecular flexibility index (Phi) is 6.56. The smallest absolute Gasteiger partial charge is 0.163 e. The molecule has 0 bridgehead atoms. The molecule has 164 valence electrons. The SMILES string of the molecule is CNc1nc(-c2cccnc2)nc2c(OCCOC(C)C)cc(-c3ccc(F)cc3)cc12. The van der Waals surface area contributed by atoms with E-state index in [1.165, 1.54) is 12.1 Å². The van der Waals surface area contributed by atoms with E-state index in [0.717, 1.165) is 22.1 Å². The number of rotatable bonds is 8. The second-order valence-corrected chi connectivity index (χ2v) is 7.53. The van der Waals surface area contributed by atoms with E-state index in [-0.39, 0.29) is 11.9 Å². The summed E-state index contributed by atoms with van der Waals surface area (Å²) >= 11 is 0. The fourth-order valence-electron chi connectivity index (χ4n) is 3.37. The Labute approximate surface area is 186 Å². The summed E-state index contributed by atoms with van der Waals surface area (Å²) in [6.45, 7) is 4.80. The van der Waals surface area contributed by atoms with Crippen LogP contribution in [-0.2, 0) is 4.74 Å². The number of fused-ring (bicyclic) bond motifs is 1. The van der Waals surface area contributed by atoms with Gasteiger partial charge in [0.25, 0.3) is 0 Å². The van der Waals surface area contributed by atoms with Gasteiger partial charge in [-0.3, -0.25) is 4.98 Å². The van der Waals surface area contributed by atoms with Crippen LogP contribution in [0.15, 0.2) is 60.9 Å². The van der Waals surface area contributed by atoms with Crippen LogP contribution >= 0.6 is 0 Å². The first kappa shape index (κ1) is 21.6. The largest absolute Gasteiger partial charge is 0.489 e. The maximum absolute atomic E-state index is 13.5. The molecule has 4 aromatic rings. The van der Waals surface area contributed by atoms with Gasteiger partial charge in [-0.15, -0.1) is 0 Å². The van der Waals surface area contributed by atoms with Crippen LogP contribution in [0.1, 0.15) is 13.8 Å². The number of halogens is 1. The second kappa shape index (κ2) is 9.70. The summed E-state index contributed by atoms with van der Waals surface area (Å²) in [5, 5.41) is 3.97. The lowest BCUT2D eigenvalue weighted by molar-refractivity contribution is 0.0556. The first-order valence-electron chi connectivity index (χ1n) is 10.5. The van der Waals surface area contributed by atoms with Crippen molar-refractivity contribution in [3.63, 3.8) is 0 Å². The number of ether oxygens (including phenoxy) is 2. The number of pyridine rings is 1. The monoisotopic (exact) mass is 432 g/mol. The fourth-order valence-corrected chi connectivity index (χ4v) is 3.37. The number of hydrogen-bond acceptors (Lipinski definition) is 6. The minimum absolute atomic E-state index is 0.122. The lowest BCUT2D eigenvalue weighted by Crippen LogP contribution is -2.12. The lowest BCUT2D eigenvalue weighted by atomic mass is 10.0. The van der Waals surface area contributed by atoms with Gasteiger partial charge in [-0.25, -0.2) is 14.4 Å². The molecule has 0 aliphatic rings. The molecule has 7 heteroatoms. The normalized spacial score (nSPS) is 11.2. The molecule has 0 fully saturated rings. The molecule has 4 rings (SSSR count). The highest BCUT2D eigenvalue weighted by atomic mass is 19.1. The zero-order valence-electron chi connectivity index (χ0n) is 18.3. The predicted octanol–water partition coefficient (Wildman–Crippen LogP) is 5.34. The molecule has 0 saturated heterocycles. The summed E-state index contributed by atoms with van der Waals surface area (Å²) in [7, 11) is 1.82. The van der Waals surface area contributed by atoms with E-state index in [2.05, 4.69) is 10.3 Å². The molecule has 0 spiro atoms. The zero-order valence-corrected chi connectivity index (χ0v) is 18.3. The van der Waals surface area contributed by atoms with Crippen LogP contribution in [0.2, 0.25) is 0 Å². The van der Waals surface area contributed by atoms with Crippen molar-refractivity contribution in [3.8, 4) is 28.3 Å². The van der Waals surface area contributed by atoms with Gasteiger partial charge < -0.3 is 14.8 Å². The van der Waals surface area contributed by atoms with Crippen molar-refractivity contribution in [1.29, 1.82) is 0 Å². The molecule has 32 heavy (non-hydrogen) atoms. The zero-order chi connectivity index (χ0) is 22.5. The van der Waals surface area contributed by atoms with Gasteiger partial charge >= 0.3 is 0 Å². The van der Waals surface area contributed by atoms with E-state index in [9.17, 15) is 4.39 Å². The average Bonchev–Trinajstić information content (AvgIpc) is 2.81. The standard InChI is InChI=1S/C25H25FN4O2/c1-16(2)31-11-12-32-22-14-19(17-6-8-20(26)9-7-17)13-21-23(22)29-24(30-25(21)27-3)18-5-4-10-28-15-18/h4-10,13-16H,11-12H2,1-3H3,(H,27,29,30). The molecule has 0 amide bonds. The van der Waals surface area contributed by atoms with Gasteiger partial charge in [0.15, 0.2) is 5.82 Å². The quantitative estimate of drug-likeness (QED) is 0.379. The predicted molar refractivity (Wildman–Crippen MR) is 124 cm³/mol. The van der Waals surface area contributed by atoms with Crippen LogP contribution < -0.4 is 10.1 Å². The highest BCUT2D eigenvalue weighted by molar-refractivity contribution is 5.97. The summed E-state index contributed by atoms with van der Waals surface area (Å²) in [5.41, 5.74) is 3.24. The molecular formula is C25H25FN4O2. The van der Waals surface area contributed by atoms with Gasteiger partial charge in [0.1, 0.15) is 29.5 Å². The van der Waals surface area contributed by atoms with Crippen molar-refractivity contribution >= 4 is 16.7 Å². The molecule has 0 aliphatic carbocycles. The maximum Gasteiger partial charge on any atom is 0.163 e. The van der Waals surface area contributed by atoms with Gasteiger partial charge in [0.2, 0.25) is 0 Å². The van der Waals surface area contributed by atoms with Crippen molar-refractivity contribution in [2.75, 3.05) is 25.6 Å². The minimum atomic E-state index is -0.280. The molecule has 0 radical (unpaired) electrons. The summed E-state index contributed by atoms with van der Waals surface area (Å²) in [6.07, 6.45) is 3.56. The summed E-state index contributed by atoms with van der Waals surface area (Å²) in [4.78, 5) is 13.7. The maximum atomic E-state index is 13.5. The number of nitrogens with zero attached hydrogens (tertiary/aromatic N) is 3. The molecule has 1 N–H and O–H groups in total. The van der Waals surface area contributed by atoms with Gasteiger partial charge in [-0.2, -0.15) is 0 Å². The van der Waals surface area contributed by atoms with E-state index in [1.54, 1.807) is 24.5 Å². The van der Waals surface area contributed by atoms with E-state index in [0.29, 0.717) is 36.1 Å². The Hall–Kier alpha value is -3.58. The average molecular weight is 432 g/mol. The highest BCUT2D eigenvalue weighted by Gasteiger charge is 2.16. The number of aromatic nitrogens is 3. The van der Waals surface area contributed by atoms with Crippen molar-refractivity contribution in [3.05, 3.63) is 66.7 Å². The third-order valence-corrected chi connectivity index (χ3v) is 4.89. The fraction of sp³-hybridized carbons (Fsp3) is 0.240. The summed E-state index contributed by atoms with van der Waals surface area (Å²) in [6, 6.07) is 14.0. The molecule has 0 unspecified atom stereocenters. The molecule has 0 atom stereocenters. The van der Waals surface area contributed by atoms with Crippen molar-refractivity contribution in [2.24, 2.45) is 0 Å². The van der Waals surface area contributed by atoms with Gasteiger partial charge in [-0.1, -0.05) is 12.1 Å². The van der Waals surface area contributed by atoms with Gasteiger partial charge in [0, 0.05) is 30.4 Å². The lowest BCUT2D eigenvalue weighted by Gasteiger charge is -2.15. The van der Waals surface area contributed by atoms with E-state index in [1.807, 2.05) is 45.2 Å². The molecule has 0 aliphatic heterocycles. The first-order chi connectivity index (χ1) is 15.5. The molecule has 6 nitrogen and oxygen atoms in total. The summed E-state index contributed by atoms with van der Waals surface area (Å²) < 4.78 is 25.2. The number of hydrogen-bond donors (Lipinski definition) is 1. The number of benzene rings is 2. The minimum Gasteiger partial charge on any atom is -0.489 e. The third kappa shape index (κ3) is 4.84. The molecule has 2 heterocycles. The van der Waals surface area contributed by atoms with Crippen molar-refractivity contribution < 1.29 is 13.9 Å². The highest BCUT2D eigenvalue weighted by Crippen LogP contribution is 2.36. The second-order valence-electron chi connectivity index (χ2n) is 7.53. The number of anilines is 1. The van der Waals surface area contributed by atoms with Crippen LogP contribution in [-0.4, -0.2) is 41.3 Å². The van der Waals surface area contributed by atoms with E-state index >= 15 is 0 Å². The van der Waals surface area contributed by atoms with Gasteiger partial charge in [-0.05, 0) is 61.4 Å². The van der Waals surface area contributed by atoms with Crippen LogP contribution in [0.5, 0.6) is 5.75 Å². The Bertz CT molecular complexity index is 1200. The van der Waals surface area contributed by atoms with Crippen LogP contribution in [0, 0.1) is 5.82 Å². The Morgan fingerprint density at radius 3 is 2.47 bits per heavy atom. The Morgan fingerprint density at radius 2 is 1.78 bits per heavy atom. The summed E-state index contributed by atoms with van der Waals surface area (Å²) in [5.74, 6) is 1.55. The number of nitrogens with one attached hydrogen (secondary N) is 1. The Morgan fingerprint density at radius 1 is 0.969 bits per heavy atom. The van der Waals surface area contributed by atoms with Crippen LogP contribution in [0.4, 0.5) is 10.2 Å². The molecule has 2 aromatic carbocycles. The van der Waals surface area contributed by atoms with Crippen LogP contribution in [0.3, 0.4) is 0 Å². The Balaban J connectivity index is 1.84.